The highest BCUT2D eigenvalue weighted by Gasteiger charge is 2.52. The van der Waals surface area contributed by atoms with E-state index >= 15 is 0 Å². The molecule has 0 radical (unpaired) electrons. The first-order valence-corrected chi connectivity index (χ1v) is 9.55. The third-order valence-electron chi connectivity index (χ3n) is 5.90. The molecule has 4 amide bonds. The van der Waals surface area contributed by atoms with Gasteiger partial charge in [0, 0.05) is 12.1 Å². The van der Waals surface area contributed by atoms with Crippen LogP contribution in [0.3, 0.4) is 0 Å². The number of fused-ring (bicyclic) bond motifs is 1. The lowest BCUT2D eigenvalue weighted by Gasteiger charge is -2.34. The summed E-state index contributed by atoms with van der Waals surface area (Å²) in [6.45, 7) is 1.86. The normalized spacial score (nSPS) is 25.0. The first-order valence-electron chi connectivity index (χ1n) is 9.55. The Balaban J connectivity index is 0.00000240. The molecule has 3 aliphatic rings. The zero-order chi connectivity index (χ0) is 19.9. The van der Waals surface area contributed by atoms with Crippen LogP contribution in [0.1, 0.15) is 39.0 Å². The molecule has 2 heterocycles. The van der Waals surface area contributed by atoms with Gasteiger partial charge in [0.2, 0.25) is 12.7 Å². The summed E-state index contributed by atoms with van der Waals surface area (Å²) in [5, 5.41) is 5.47. The minimum Gasteiger partial charge on any atom is -0.454 e. The Kier molecular flexibility index (Phi) is 5.79. The lowest BCUT2D eigenvalue weighted by Crippen LogP contribution is -2.49. The zero-order valence-electron chi connectivity index (χ0n) is 16.2. The molecule has 9 nitrogen and oxygen atoms in total. The van der Waals surface area contributed by atoms with Gasteiger partial charge in [-0.2, -0.15) is 0 Å². The van der Waals surface area contributed by atoms with Crippen LogP contribution in [0.25, 0.3) is 0 Å². The Morgan fingerprint density at radius 1 is 1.28 bits per heavy atom. The number of benzene rings is 1. The molecule has 4 N–H and O–H groups in total. The van der Waals surface area contributed by atoms with Crippen molar-refractivity contribution in [3.05, 3.63) is 12.1 Å². The van der Waals surface area contributed by atoms with Crippen LogP contribution >= 0.6 is 12.4 Å². The minimum atomic E-state index is -0.860. The standard InChI is InChI=1S/C19H24N4O5.ClH/c1-2-11-3-5-19(6-4-11)17(25)23(18(26)22-19)9-16(24)21-13-8-15-14(7-12(13)20)27-10-28-15;/h7-8,11H,2-6,9-10,20H2,1H3,(H,21,24)(H,22,26);1H. The van der Waals surface area contributed by atoms with Crippen LogP contribution in [0.2, 0.25) is 0 Å². The van der Waals surface area contributed by atoms with Gasteiger partial charge in [-0.25, -0.2) is 4.79 Å². The van der Waals surface area contributed by atoms with Crippen LogP contribution in [-0.2, 0) is 9.59 Å². The summed E-state index contributed by atoms with van der Waals surface area (Å²) >= 11 is 0. The lowest BCUT2D eigenvalue weighted by atomic mass is 9.75. The van der Waals surface area contributed by atoms with Crippen molar-refractivity contribution in [2.75, 3.05) is 24.4 Å². The fourth-order valence-corrected chi connectivity index (χ4v) is 4.14. The molecule has 29 heavy (non-hydrogen) atoms. The molecule has 1 spiro atoms. The Morgan fingerprint density at radius 3 is 2.59 bits per heavy atom. The maximum Gasteiger partial charge on any atom is 0.325 e. The molecule has 1 saturated carbocycles. The Labute approximate surface area is 174 Å². The minimum absolute atomic E-state index is 0. The number of amides is 4. The molecule has 1 aromatic rings. The monoisotopic (exact) mass is 424 g/mol. The van der Waals surface area contributed by atoms with Gasteiger partial charge >= 0.3 is 6.03 Å². The highest BCUT2D eigenvalue weighted by molar-refractivity contribution is 6.10. The van der Waals surface area contributed by atoms with Crippen LogP contribution in [0.5, 0.6) is 11.5 Å². The molecule has 0 atom stereocenters. The number of nitrogen functional groups attached to an aromatic ring is 1. The summed E-state index contributed by atoms with van der Waals surface area (Å²) in [7, 11) is 0. The van der Waals surface area contributed by atoms with E-state index in [4.69, 9.17) is 15.2 Å². The van der Waals surface area contributed by atoms with Gasteiger partial charge in [0.15, 0.2) is 11.5 Å². The van der Waals surface area contributed by atoms with Crippen molar-refractivity contribution in [2.24, 2.45) is 5.92 Å². The Bertz CT molecular complexity index is 838. The van der Waals surface area contributed by atoms with E-state index in [-0.39, 0.29) is 31.7 Å². The first kappa shape index (κ1) is 21.0. The molecule has 4 rings (SSSR count). The Hall–Kier alpha value is -2.68. The van der Waals surface area contributed by atoms with Gasteiger partial charge in [-0.15, -0.1) is 12.4 Å². The molecule has 158 valence electrons. The molecular formula is C19H25ClN4O5. The van der Waals surface area contributed by atoms with Crippen molar-refractivity contribution < 1.29 is 23.9 Å². The largest absolute Gasteiger partial charge is 0.454 e. The number of anilines is 2. The van der Waals surface area contributed by atoms with Crippen molar-refractivity contribution in [1.82, 2.24) is 10.2 Å². The predicted octanol–water partition coefficient (Wildman–Crippen LogP) is 2.25. The van der Waals surface area contributed by atoms with E-state index in [1.165, 1.54) is 0 Å². The van der Waals surface area contributed by atoms with Gasteiger partial charge in [0.1, 0.15) is 12.1 Å². The number of hydrogen-bond acceptors (Lipinski definition) is 6. The molecule has 0 bridgehead atoms. The first-order chi connectivity index (χ1) is 13.4. The van der Waals surface area contributed by atoms with Gasteiger partial charge in [-0.05, 0) is 31.6 Å². The average Bonchev–Trinajstić information content (AvgIpc) is 3.21. The number of nitrogens with two attached hydrogens (primary N) is 1. The summed E-state index contributed by atoms with van der Waals surface area (Å²) in [5.41, 5.74) is 5.73. The second-order valence-electron chi connectivity index (χ2n) is 7.60. The van der Waals surface area contributed by atoms with Crippen LogP contribution in [0.4, 0.5) is 16.2 Å². The van der Waals surface area contributed by atoms with Crippen LogP contribution in [0, 0.1) is 5.92 Å². The van der Waals surface area contributed by atoms with Gasteiger partial charge in [0.25, 0.3) is 5.91 Å². The molecule has 1 aromatic carbocycles. The maximum absolute atomic E-state index is 12.9. The maximum atomic E-state index is 12.9. The van der Waals surface area contributed by atoms with Gasteiger partial charge in [0.05, 0.1) is 11.4 Å². The number of hydrogen-bond donors (Lipinski definition) is 3. The van der Waals surface area contributed by atoms with E-state index in [9.17, 15) is 14.4 Å². The summed E-state index contributed by atoms with van der Waals surface area (Å²) in [5.74, 6) is 0.747. The second-order valence-corrected chi connectivity index (χ2v) is 7.60. The van der Waals surface area contributed by atoms with Gasteiger partial charge in [-0.3, -0.25) is 14.5 Å². The third kappa shape index (κ3) is 3.78. The van der Waals surface area contributed by atoms with E-state index in [0.29, 0.717) is 41.6 Å². The fraction of sp³-hybridized carbons (Fsp3) is 0.526. The van der Waals surface area contributed by atoms with E-state index < -0.39 is 17.5 Å². The van der Waals surface area contributed by atoms with E-state index in [1.54, 1.807) is 12.1 Å². The highest BCUT2D eigenvalue weighted by atomic mass is 35.5. The molecule has 1 aliphatic carbocycles. The SMILES string of the molecule is CCC1CCC2(CC1)NC(=O)N(CC(=O)Nc1cc3c(cc1N)OCO3)C2=O.Cl. The number of carbonyl (C=O) groups is 3. The number of ether oxygens (including phenoxy) is 2. The van der Waals surface area contributed by atoms with E-state index in [2.05, 4.69) is 17.6 Å². The summed E-state index contributed by atoms with van der Waals surface area (Å²) in [4.78, 5) is 38.7. The van der Waals surface area contributed by atoms with Crippen molar-refractivity contribution in [3.63, 3.8) is 0 Å². The zero-order valence-corrected chi connectivity index (χ0v) is 17.0. The van der Waals surface area contributed by atoms with Crippen molar-refractivity contribution in [1.29, 1.82) is 0 Å². The number of urea groups is 1. The molecule has 2 fully saturated rings. The number of imide groups is 1. The number of nitrogens with one attached hydrogen (secondary N) is 2. The number of rotatable bonds is 4. The number of carbonyl (C=O) groups excluding carboxylic acids is 3. The quantitative estimate of drug-likeness (QED) is 0.503. The molecule has 2 aliphatic heterocycles. The average molecular weight is 425 g/mol. The highest BCUT2D eigenvalue weighted by Crippen LogP contribution is 2.39. The van der Waals surface area contributed by atoms with E-state index in [0.717, 1.165) is 24.2 Å². The fourth-order valence-electron chi connectivity index (χ4n) is 4.14. The van der Waals surface area contributed by atoms with Crippen molar-refractivity contribution in [2.45, 2.75) is 44.6 Å². The molecule has 1 saturated heterocycles. The van der Waals surface area contributed by atoms with Crippen LogP contribution in [-0.4, -0.2) is 41.6 Å². The number of halogens is 1. The topological polar surface area (TPSA) is 123 Å². The molecule has 0 unspecified atom stereocenters. The van der Waals surface area contributed by atoms with E-state index in [1.807, 2.05) is 0 Å². The summed E-state index contributed by atoms with van der Waals surface area (Å²) in [6, 6.07) is 2.61. The lowest BCUT2D eigenvalue weighted by molar-refractivity contribution is -0.135. The summed E-state index contributed by atoms with van der Waals surface area (Å²) < 4.78 is 10.5. The van der Waals surface area contributed by atoms with Crippen molar-refractivity contribution in [3.8, 4) is 11.5 Å². The summed E-state index contributed by atoms with van der Waals surface area (Å²) in [6.07, 6.45) is 4.10. The smallest absolute Gasteiger partial charge is 0.325 e. The van der Waals surface area contributed by atoms with Gasteiger partial charge in [-0.1, -0.05) is 13.3 Å². The van der Waals surface area contributed by atoms with Crippen LogP contribution in [0.15, 0.2) is 12.1 Å². The Morgan fingerprint density at radius 2 is 1.93 bits per heavy atom. The molecule has 10 heteroatoms. The molecular weight excluding hydrogens is 400 g/mol. The molecule has 0 aromatic heterocycles. The third-order valence-corrected chi connectivity index (χ3v) is 5.90. The number of nitrogens with zero attached hydrogens (tertiary/aromatic N) is 1. The van der Waals surface area contributed by atoms with Crippen LogP contribution < -0.4 is 25.8 Å². The predicted molar refractivity (Wildman–Crippen MR) is 108 cm³/mol. The second kappa shape index (κ2) is 7.98. The van der Waals surface area contributed by atoms with Crippen molar-refractivity contribution >= 4 is 41.6 Å². The van der Waals surface area contributed by atoms with Gasteiger partial charge < -0.3 is 25.8 Å².